The Bertz CT molecular complexity index is 445. The predicted molar refractivity (Wildman–Crippen MR) is 77.5 cm³/mol. The van der Waals surface area contributed by atoms with Crippen molar-refractivity contribution in [2.75, 3.05) is 0 Å². The van der Waals surface area contributed by atoms with Crippen LogP contribution in [0.2, 0.25) is 0 Å². The normalized spacial score (nSPS) is 10.5. The van der Waals surface area contributed by atoms with Crippen molar-refractivity contribution in [3.63, 3.8) is 0 Å². The van der Waals surface area contributed by atoms with E-state index in [0.717, 1.165) is 12.8 Å². The van der Waals surface area contributed by atoms with Crippen molar-refractivity contribution in [2.24, 2.45) is 0 Å². The van der Waals surface area contributed by atoms with Gasteiger partial charge in [-0.2, -0.15) is 0 Å². The number of amides is 1. The Labute approximate surface area is 124 Å². The van der Waals surface area contributed by atoms with Crippen molar-refractivity contribution in [3.8, 4) is 0 Å². The molecule has 1 amide bonds. The second-order valence-electron chi connectivity index (χ2n) is 5.10. The van der Waals surface area contributed by atoms with Crippen LogP contribution in [0, 0.1) is 0 Å². The van der Waals surface area contributed by atoms with Gasteiger partial charge in [0, 0.05) is 6.42 Å². The minimum absolute atomic E-state index is 0.00160. The molecule has 118 valence electrons. The first kappa shape index (κ1) is 17.1. The SMILES string of the molecule is CCCCCCCCC(=O)NCc1cn(CC(=O)O)nn1. The number of aromatic nitrogens is 3. The van der Waals surface area contributed by atoms with Gasteiger partial charge in [0.25, 0.3) is 0 Å². The summed E-state index contributed by atoms with van der Waals surface area (Å²) in [4.78, 5) is 22.1. The number of carboxylic acids is 1. The first-order valence-electron chi connectivity index (χ1n) is 7.49. The van der Waals surface area contributed by atoms with E-state index in [1.54, 1.807) is 0 Å². The highest BCUT2D eigenvalue weighted by atomic mass is 16.4. The third-order valence-corrected chi connectivity index (χ3v) is 3.11. The van der Waals surface area contributed by atoms with Crippen LogP contribution in [-0.4, -0.2) is 32.0 Å². The Morgan fingerprint density at radius 2 is 1.95 bits per heavy atom. The number of unbranched alkanes of at least 4 members (excludes halogenated alkanes) is 5. The van der Waals surface area contributed by atoms with Crippen molar-refractivity contribution in [1.82, 2.24) is 20.3 Å². The average molecular weight is 296 g/mol. The quantitative estimate of drug-likeness (QED) is 0.606. The van der Waals surface area contributed by atoms with E-state index in [-0.39, 0.29) is 19.0 Å². The van der Waals surface area contributed by atoms with E-state index in [9.17, 15) is 9.59 Å². The molecule has 1 aromatic heterocycles. The fraction of sp³-hybridized carbons (Fsp3) is 0.714. The number of carbonyl (C=O) groups excluding carboxylic acids is 1. The fourth-order valence-electron chi connectivity index (χ4n) is 1.98. The van der Waals surface area contributed by atoms with Crippen molar-refractivity contribution in [2.45, 2.75) is 65.0 Å². The maximum atomic E-state index is 11.6. The Hall–Kier alpha value is -1.92. The second kappa shape index (κ2) is 9.90. The van der Waals surface area contributed by atoms with Crippen LogP contribution < -0.4 is 5.32 Å². The Balaban J connectivity index is 2.12. The highest BCUT2D eigenvalue weighted by Gasteiger charge is 2.06. The van der Waals surface area contributed by atoms with E-state index in [1.165, 1.54) is 36.6 Å². The minimum Gasteiger partial charge on any atom is -0.480 e. The molecule has 0 saturated heterocycles. The number of carboxylic acid groups (broad SMARTS) is 1. The molecule has 0 fully saturated rings. The number of hydrogen-bond acceptors (Lipinski definition) is 4. The number of carbonyl (C=O) groups is 2. The van der Waals surface area contributed by atoms with E-state index in [1.807, 2.05) is 0 Å². The molecule has 0 unspecified atom stereocenters. The van der Waals surface area contributed by atoms with Gasteiger partial charge in [0.05, 0.1) is 12.7 Å². The highest BCUT2D eigenvalue weighted by molar-refractivity contribution is 5.75. The lowest BCUT2D eigenvalue weighted by atomic mass is 10.1. The lowest BCUT2D eigenvalue weighted by molar-refractivity contribution is -0.138. The van der Waals surface area contributed by atoms with Gasteiger partial charge in [0.15, 0.2) is 0 Å². The summed E-state index contributed by atoms with van der Waals surface area (Å²) in [5.41, 5.74) is 0.563. The number of nitrogens with one attached hydrogen (secondary N) is 1. The van der Waals surface area contributed by atoms with Gasteiger partial charge in [0.1, 0.15) is 12.2 Å². The number of rotatable bonds is 11. The third-order valence-electron chi connectivity index (χ3n) is 3.11. The first-order chi connectivity index (χ1) is 10.1. The Kier molecular flexibility index (Phi) is 8.08. The van der Waals surface area contributed by atoms with Crippen molar-refractivity contribution >= 4 is 11.9 Å². The zero-order chi connectivity index (χ0) is 15.5. The zero-order valence-corrected chi connectivity index (χ0v) is 12.5. The standard InChI is InChI=1S/C14H24N4O3/c1-2-3-4-5-6-7-8-13(19)15-9-12-10-18(17-16-12)11-14(20)21/h10H,2-9,11H2,1H3,(H,15,19)(H,20,21). The summed E-state index contributed by atoms with van der Waals surface area (Å²) in [6, 6.07) is 0. The van der Waals surface area contributed by atoms with Gasteiger partial charge in [-0.15, -0.1) is 5.10 Å². The van der Waals surface area contributed by atoms with Crippen LogP contribution in [0.4, 0.5) is 0 Å². The van der Waals surface area contributed by atoms with Crippen molar-refractivity contribution in [3.05, 3.63) is 11.9 Å². The van der Waals surface area contributed by atoms with Gasteiger partial charge < -0.3 is 10.4 Å². The average Bonchev–Trinajstić information content (AvgIpc) is 2.87. The van der Waals surface area contributed by atoms with Gasteiger partial charge >= 0.3 is 5.97 Å². The maximum Gasteiger partial charge on any atom is 0.325 e. The molecule has 1 heterocycles. The molecule has 7 nitrogen and oxygen atoms in total. The molecule has 0 atom stereocenters. The molecule has 0 spiro atoms. The molecule has 21 heavy (non-hydrogen) atoms. The van der Waals surface area contributed by atoms with E-state index in [4.69, 9.17) is 5.11 Å². The van der Waals surface area contributed by atoms with Gasteiger partial charge in [-0.3, -0.25) is 9.59 Å². The lowest BCUT2D eigenvalue weighted by Crippen LogP contribution is -2.22. The second-order valence-corrected chi connectivity index (χ2v) is 5.10. The maximum absolute atomic E-state index is 11.6. The fourth-order valence-corrected chi connectivity index (χ4v) is 1.98. The summed E-state index contributed by atoms with van der Waals surface area (Å²) in [6.07, 6.45) is 8.95. The molecule has 0 aliphatic carbocycles. The monoisotopic (exact) mass is 296 g/mol. The topological polar surface area (TPSA) is 97.1 Å². The molecule has 1 rings (SSSR count). The van der Waals surface area contributed by atoms with Crippen LogP contribution in [0.1, 0.15) is 57.6 Å². The van der Waals surface area contributed by atoms with E-state index < -0.39 is 5.97 Å². The van der Waals surface area contributed by atoms with Gasteiger partial charge in [-0.1, -0.05) is 44.2 Å². The summed E-state index contributed by atoms with van der Waals surface area (Å²) in [7, 11) is 0. The van der Waals surface area contributed by atoms with Crippen LogP contribution in [0.3, 0.4) is 0 Å². The molecule has 7 heteroatoms. The largest absolute Gasteiger partial charge is 0.480 e. The highest BCUT2D eigenvalue weighted by Crippen LogP contribution is 2.06. The van der Waals surface area contributed by atoms with Crippen molar-refractivity contribution < 1.29 is 14.7 Å². The molecule has 2 N–H and O–H groups in total. The summed E-state index contributed by atoms with van der Waals surface area (Å²) in [6.45, 7) is 2.24. The molecule has 0 aliphatic heterocycles. The Morgan fingerprint density at radius 1 is 1.24 bits per heavy atom. The summed E-state index contributed by atoms with van der Waals surface area (Å²) in [5, 5.41) is 18.9. The Morgan fingerprint density at radius 3 is 2.67 bits per heavy atom. The van der Waals surface area contributed by atoms with Crippen LogP contribution in [-0.2, 0) is 22.7 Å². The number of nitrogens with zero attached hydrogens (tertiary/aromatic N) is 3. The summed E-state index contributed by atoms with van der Waals surface area (Å²) >= 11 is 0. The van der Waals surface area contributed by atoms with E-state index in [2.05, 4.69) is 22.6 Å². The van der Waals surface area contributed by atoms with Gasteiger partial charge in [-0.05, 0) is 6.42 Å². The lowest BCUT2D eigenvalue weighted by Gasteiger charge is -2.03. The molecule has 0 radical (unpaired) electrons. The molecule has 0 saturated carbocycles. The molecule has 0 bridgehead atoms. The molecular formula is C14H24N4O3. The summed E-state index contributed by atoms with van der Waals surface area (Å²) < 4.78 is 1.23. The van der Waals surface area contributed by atoms with Crippen LogP contribution in [0.25, 0.3) is 0 Å². The van der Waals surface area contributed by atoms with Crippen LogP contribution >= 0.6 is 0 Å². The number of hydrogen-bond donors (Lipinski definition) is 2. The smallest absolute Gasteiger partial charge is 0.325 e. The third kappa shape index (κ3) is 8.06. The van der Waals surface area contributed by atoms with E-state index in [0.29, 0.717) is 12.1 Å². The molecule has 0 aliphatic rings. The van der Waals surface area contributed by atoms with Crippen LogP contribution in [0.15, 0.2) is 6.20 Å². The minimum atomic E-state index is -0.974. The molecular weight excluding hydrogens is 272 g/mol. The van der Waals surface area contributed by atoms with Crippen LogP contribution in [0.5, 0.6) is 0 Å². The molecule has 0 aromatic carbocycles. The summed E-state index contributed by atoms with van der Waals surface area (Å²) in [5.74, 6) is -0.975. The first-order valence-corrected chi connectivity index (χ1v) is 7.49. The zero-order valence-electron chi connectivity index (χ0n) is 12.5. The number of aliphatic carboxylic acids is 1. The van der Waals surface area contributed by atoms with Gasteiger partial charge in [-0.25, -0.2) is 4.68 Å². The van der Waals surface area contributed by atoms with E-state index >= 15 is 0 Å². The molecule has 1 aromatic rings. The predicted octanol–water partition coefficient (Wildman–Crippen LogP) is 1.73. The van der Waals surface area contributed by atoms with Gasteiger partial charge in [0.2, 0.25) is 5.91 Å². The van der Waals surface area contributed by atoms with Crippen molar-refractivity contribution in [1.29, 1.82) is 0 Å².